The number of carbonyl (C=O) groups excluding carboxylic acids is 1. The van der Waals surface area contributed by atoms with Crippen LogP contribution in [-0.2, 0) is 9.84 Å². The zero-order chi connectivity index (χ0) is 24.5. The van der Waals surface area contributed by atoms with Gasteiger partial charge in [-0.2, -0.15) is 0 Å². The third-order valence-corrected chi connectivity index (χ3v) is 8.83. The molecular formula is C25H30Cl2N2O4S. The van der Waals surface area contributed by atoms with Crippen LogP contribution in [0, 0.1) is 6.92 Å². The van der Waals surface area contributed by atoms with E-state index in [4.69, 9.17) is 27.9 Å². The zero-order valence-corrected chi connectivity index (χ0v) is 21.7. The van der Waals surface area contributed by atoms with Gasteiger partial charge in [0.2, 0.25) is 0 Å². The molecule has 2 heterocycles. The van der Waals surface area contributed by atoms with Crippen LogP contribution in [0.4, 0.5) is 0 Å². The topological polar surface area (TPSA) is 75.7 Å². The minimum absolute atomic E-state index is 0.00901. The van der Waals surface area contributed by atoms with E-state index in [0.717, 1.165) is 50.7 Å². The molecule has 0 saturated carbocycles. The second kappa shape index (κ2) is 10.5. The fourth-order valence-electron chi connectivity index (χ4n) is 4.86. The number of benzene rings is 2. The standard InChI is InChI=1S/C25H30Cl2N2O4S/c1-16-21(26)7-8-23(24(16)27)33-19-11-14-29(18-9-12-28-13-10-18)22(15-19)25(30)17-3-5-20(6-4-17)34(2,31)32/h3-8,18-19,22,28H,9-15H2,1-2H3/t19-,22?/m1/s1. The smallest absolute Gasteiger partial charge is 0.180 e. The number of rotatable bonds is 6. The lowest BCUT2D eigenvalue weighted by atomic mass is 9.89. The van der Waals surface area contributed by atoms with Gasteiger partial charge in [0, 0.05) is 35.8 Å². The Morgan fingerprint density at radius 1 is 1.06 bits per heavy atom. The van der Waals surface area contributed by atoms with Crippen molar-refractivity contribution in [3.63, 3.8) is 0 Å². The average molecular weight is 525 g/mol. The van der Waals surface area contributed by atoms with Crippen LogP contribution in [0.1, 0.15) is 41.6 Å². The predicted octanol–water partition coefficient (Wildman–Crippen LogP) is 4.55. The van der Waals surface area contributed by atoms with Crippen LogP contribution in [0.25, 0.3) is 0 Å². The molecule has 2 aromatic rings. The molecule has 1 N–H and O–H groups in total. The van der Waals surface area contributed by atoms with E-state index in [-0.39, 0.29) is 22.8 Å². The minimum Gasteiger partial charge on any atom is -0.489 e. The van der Waals surface area contributed by atoms with Gasteiger partial charge in [-0.25, -0.2) is 8.42 Å². The number of ether oxygens (including phenoxy) is 1. The molecule has 9 heteroatoms. The Hall–Kier alpha value is -1.64. The number of hydrogen-bond donors (Lipinski definition) is 1. The Labute approximate surface area is 211 Å². The first kappa shape index (κ1) is 25.5. The van der Waals surface area contributed by atoms with E-state index in [1.807, 2.05) is 6.92 Å². The summed E-state index contributed by atoms with van der Waals surface area (Å²) in [6.07, 6.45) is 4.30. The first-order valence-electron chi connectivity index (χ1n) is 11.6. The van der Waals surface area contributed by atoms with E-state index < -0.39 is 9.84 Å². The number of likely N-dealkylation sites (tertiary alicyclic amines) is 1. The molecule has 0 radical (unpaired) electrons. The van der Waals surface area contributed by atoms with Crippen LogP contribution in [-0.4, -0.2) is 63.2 Å². The number of ketones is 1. The van der Waals surface area contributed by atoms with E-state index in [9.17, 15) is 13.2 Å². The normalized spacial score (nSPS) is 22.5. The maximum atomic E-state index is 13.7. The van der Waals surface area contributed by atoms with Crippen LogP contribution in [0.2, 0.25) is 10.0 Å². The number of nitrogens with one attached hydrogen (secondary N) is 1. The van der Waals surface area contributed by atoms with E-state index in [1.165, 1.54) is 12.1 Å². The molecule has 0 aromatic heterocycles. The van der Waals surface area contributed by atoms with E-state index in [2.05, 4.69) is 10.2 Å². The van der Waals surface area contributed by atoms with Gasteiger partial charge in [-0.15, -0.1) is 0 Å². The maximum absolute atomic E-state index is 13.7. The van der Waals surface area contributed by atoms with Gasteiger partial charge in [-0.3, -0.25) is 9.69 Å². The van der Waals surface area contributed by atoms with Gasteiger partial charge >= 0.3 is 0 Å². The quantitative estimate of drug-likeness (QED) is 0.558. The molecule has 2 aliphatic heterocycles. The van der Waals surface area contributed by atoms with Crippen molar-refractivity contribution in [3.05, 3.63) is 57.6 Å². The van der Waals surface area contributed by atoms with Crippen LogP contribution >= 0.6 is 23.2 Å². The van der Waals surface area contributed by atoms with Crippen LogP contribution in [0.5, 0.6) is 5.75 Å². The van der Waals surface area contributed by atoms with Crippen molar-refractivity contribution in [1.29, 1.82) is 0 Å². The van der Waals surface area contributed by atoms with Crippen molar-refractivity contribution in [1.82, 2.24) is 10.2 Å². The molecule has 0 bridgehead atoms. The lowest BCUT2D eigenvalue weighted by Gasteiger charge is -2.44. The van der Waals surface area contributed by atoms with Gasteiger partial charge < -0.3 is 10.1 Å². The number of nitrogens with zero attached hydrogens (tertiary/aromatic N) is 1. The highest BCUT2D eigenvalue weighted by Gasteiger charge is 2.39. The molecule has 2 saturated heterocycles. The van der Waals surface area contributed by atoms with Crippen molar-refractivity contribution in [2.45, 2.75) is 55.7 Å². The average Bonchev–Trinajstić information content (AvgIpc) is 2.84. The SMILES string of the molecule is Cc1c(Cl)ccc(O[C@@H]2CCN(C3CCNCC3)C(C(=O)c3ccc(S(C)(=O)=O)cc3)C2)c1Cl. The lowest BCUT2D eigenvalue weighted by Crippen LogP contribution is -2.56. The molecular weight excluding hydrogens is 495 g/mol. The van der Waals surface area contributed by atoms with Gasteiger partial charge in [-0.1, -0.05) is 35.3 Å². The number of hydrogen-bond acceptors (Lipinski definition) is 6. The molecule has 0 spiro atoms. The first-order chi connectivity index (χ1) is 16.1. The van der Waals surface area contributed by atoms with Crippen molar-refractivity contribution >= 4 is 38.8 Å². The lowest BCUT2D eigenvalue weighted by molar-refractivity contribution is 0.0201. The molecule has 1 unspecified atom stereocenters. The maximum Gasteiger partial charge on any atom is 0.180 e. The predicted molar refractivity (Wildman–Crippen MR) is 135 cm³/mol. The van der Waals surface area contributed by atoms with Gasteiger partial charge in [-0.05, 0) is 69.1 Å². The Morgan fingerprint density at radius 2 is 1.74 bits per heavy atom. The summed E-state index contributed by atoms with van der Waals surface area (Å²) in [5.74, 6) is 0.567. The minimum atomic E-state index is -3.32. The highest BCUT2D eigenvalue weighted by Crippen LogP contribution is 2.35. The second-order valence-electron chi connectivity index (χ2n) is 9.14. The van der Waals surface area contributed by atoms with Gasteiger partial charge in [0.05, 0.1) is 16.0 Å². The fourth-order valence-corrected chi connectivity index (χ4v) is 5.90. The van der Waals surface area contributed by atoms with Crippen molar-refractivity contribution < 1.29 is 17.9 Å². The number of piperidine rings is 2. The summed E-state index contributed by atoms with van der Waals surface area (Å²) in [6.45, 7) is 4.47. The number of sulfone groups is 1. The van der Waals surface area contributed by atoms with Gasteiger partial charge in [0.1, 0.15) is 11.9 Å². The van der Waals surface area contributed by atoms with Gasteiger partial charge in [0.15, 0.2) is 15.6 Å². The fraction of sp³-hybridized carbons (Fsp3) is 0.480. The number of halogens is 2. The molecule has 4 rings (SSSR count). The Morgan fingerprint density at radius 3 is 2.38 bits per heavy atom. The van der Waals surface area contributed by atoms with Crippen molar-refractivity contribution in [2.24, 2.45) is 0 Å². The summed E-state index contributed by atoms with van der Waals surface area (Å²) in [7, 11) is -3.32. The summed E-state index contributed by atoms with van der Waals surface area (Å²) in [6, 6.07) is 9.76. The van der Waals surface area contributed by atoms with Crippen LogP contribution in [0.15, 0.2) is 41.3 Å². The molecule has 2 atom stereocenters. The second-order valence-corrected chi connectivity index (χ2v) is 11.9. The molecule has 184 valence electrons. The molecule has 0 aliphatic carbocycles. The van der Waals surface area contributed by atoms with E-state index >= 15 is 0 Å². The molecule has 34 heavy (non-hydrogen) atoms. The van der Waals surface area contributed by atoms with Crippen molar-refractivity contribution in [2.75, 3.05) is 25.9 Å². The summed E-state index contributed by atoms with van der Waals surface area (Å²) in [4.78, 5) is 16.2. The summed E-state index contributed by atoms with van der Waals surface area (Å²) < 4.78 is 29.9. The molecule has 2 aliphatic rings. The number of carbonyl (C=O) groups is 1. The summed E-state index contributed by atoms with van der Waals surface area (Å²) in [5, 5.41) is 4.47. The zero-order valence-electron chi connectivity index (χ0n) is 19.4. The Balaban J connectivity index is 1.58. The molecule has 6 nitrogen and oxygen atoms in total. The van der Waals surface area contributed by atoms with E-state index in [1.54, 1.807) is 24.3 Å². The Kier molecular flexibility index (Phi) is 7.89. The van der Waals surface area contributed by atoms with E-state index in [0.29, 0.717) is 33.8 Å². The molecule has 2 aromatic carbocycles. The summed E-state index contributed by atoms with van der Waals surface area (Å²) >= 11 is 12.6. The summed E-state index contributed by atoms with van der Waals surface area (Å²) in [5.41, 5.74) is 1.28. The largest absolute Gasteiger partial charge is 0.489 e. The highest BCUT2D eigenvalue weighted by atomic mass is 35.5. The Bertz CT molecular complexity index is 1150. The molecule has 2 fully saturated rings. The van der Waals surface area contributed by atoms with Crippen molar-refractivity contribution in [3.8, 4) is 5.75 Å². The third kappa shape index (κ3) is 5.60. The first-order valence-corrected chi connectivity index (χ1v) is 14.2. The monoisotopic (exact) mass is 524 g/mol. The third-order valence-electron chi connectivity index (χ3n) is 6.82. The van der Waals surface area contributed by atoms with Gasteiger partial charge in [0.25, 0.3) is 0 Å². The van der Waals surface area contributed by atoms with Crippen LogP contribution in [0.3, 0.4) is 0 Å². The molecule has 0 amide bonds. The number of Topliss-reactive ketones (excluding diaryl/α,β-unsaturated/α-hetero) is 1. The highest BCUT2D eigenvalue weighted by molar-refractivity contribution is 7.90. The van der Waals surface area contributed by atoms with Crippen LogP contribution < -0.4 is 10.1 Å².